The molecule has 2 aromatic rings. The van der Waals surface area contributed by atoms with Crippen molar-refractivity contribution in [2.24, 2.45) is 0 Å². The van der Waals surface area contributed by atoms with Crippen LogP contribution < -0.4 is 10.1 Å². The molecule has 2 aromatic carbocycles. The predicted molar refractivity (Wildman–Crippen MR) is 103 cm³/mol. The minimum absolute atomic E-state index is 0.313. The van der Waals surface area contributed by atoms with Gasteiger partial charge in [-0.25, -0.2) is 4.79 Å². The highest BCUT2D eigenvalue weighted by Gasteiger charge is 2.16. The first-order valence-corrected chi connectivity index (χ1v) is 8.16. The second kappa shape index (κ2) is 9.93. The summed E-state index contributed by atoms with van der Waals surface area (Å²) in [7, 11) is 2.83. The lowest BCUT2D eigenvalue weighted by Gasteiger charge is -2.13. The van der Waals surface area contributed by atoms with Gasteiger partial charge in [0.2, 0.25) is 0 Å². The van der Waals surface area contributed by atoms with Gasteiger partial charge in [0, 0.05) is 12.2 Å². The van der Waals surface area contributed by atoms with Crippen molar-refractivity contribution in [2.45, 2.75) is 6.61 Å². The van der Waals surface area contributed by atoms with Crippen LogP contribution in [0, 0.1) is 0 Å². The maximum Gasteiger partial charge on any atom is 0.341 e. The first-order chi connectivity index (χ1) is 12.7. The van der Waals surface area contributed by atoms with E-state index >= 15 is 0 Å². The summed E-state index contributed by atoms with van der Waals surface area (Å²) in [6.45, 7) is 4.69. The molecule has 5 heteroatoms. The molecular formula is C21H23NO4. The maximum atomic E-state index is 12.0. The quantitative estimate of drug-likeness (QED) is 0.319. The summed E-state index contributed by atoms with van der Waals surface area (Å²) < 4.78 is 15.7. The van der Waals surface area contributed by atoms with Crippen LogP contribution in [0.1, 0.15) is 11.1 Å². The molecule has 0 aliphatic rings. The molecule has 26 heavy (non-hydrogen) atoms. The fraction of sp³-hybridized carbons (Fsp3) is 0.190. The number of rotatable bonds is 9. The molecule has 136 valence electrons. The lowest BCUT2D eigenvalue weighted by atomic mass is 10.0. The molecule has 2 rings (SSSR count). The smallest absolute Gasteiger partial charge is 0.341 e. The number of nitrogens with one attached hydrogen (secondary N) is 1. The molecule has 0 fully saturated rings. The van der Waals surface area contributed by atoms with Gasteiger partial charge < -0.3 is 19.5 Å². The molecular weight excluding hydrogens is 330 g/mol. The monoisotopic (exact) mass is 353 g/mol. The van der Waals surface area contributed by atoms with E-state index in [-0.39, 0.29) is 0 Å². The zero-order chi connectivity index (χ0) is 18.8. The van der Waals surface area contributed by atoms with Gasteiger partial charge in [-0.2, -0.15) is 0 Å². The molecule has 0 amide bonds. The van der Waals surface area contributed by atoms with Crippen molar-refractivity contribution < 1.29 is 19.0 Å². The first kappa shape index (κ1) is 19.1. The summed E-state index contributed by atoms with van der Waals surface area (Å²) in [6.07, 6.45) is 3.18. The Labute approximate surface area is 153 Å². The van der Waals surface area contributed by atoms with E-state index in [0.29, 0.717) is 24.3 Å². The van der Waals surface area contributed by atoms with Crippen LogP contribution in [0.2, 0.25) is 0 Å². The summed E-state index contributed by atoms with van der Waals surface area (Å²) in [6, 6.07) is 15.1. The largest absolute Gasteiger partial charge is 0.503 e. The van der Waals surface area contributed by atoms with E-state index in [9.17, 15) is 4.79 Å². The highest BCUT2D eigenvalue weighted by atomic mass is 16.5. The number of benzene rings is 2. The van der Waals surface area contributed by atoms with Gasteiger partial charge in [0.05, 0.1) is 20.5 Å². The second-order valence-electron chi connectivity index (χ2n) is 5.40. The Morgan fingerprint density at radius 3 is 2.50 bits per heavy atom. The van der Waals surface area contributed by atoms with Crippen molar-refractivity contribution in [1.82, 2.24) is 0 Å². The molecule has 0 saturated heterocycles. The Balaban J connectivity index is 2.14. The Bertz CT molecular complexity index is 766. The topological polar surface area (TPSA) is 56.8 Å². The predicted octanol–water partition coefficient (Wildman–Crippen LogP) is 4.02. The van der Waals surface area contributed by atoms with Crippen molar-refractivity contribution in [1.29, 1.82) is 0 Å². The molecule has 0 bridgehead atoms. The number of anilines is 1. The molecule has 0 atom stereocenters. The fourth-order valence-electron chi connectivity index (χ4n) is 2.38. The van der Waals surface area contributed by atoms with Crippen molar-refractivity contribution in [3.05, 3.63) is 78.6 Å². The second-order valence-corrected chi connectivity index (χ2v) is 5.40. The maximum absolute atomic E-state index is 12.0. The van der Waals surface area contributed by atoms with Crippen LogP contribution in [0.4, 0.5) is 5.69 Å². The third-order valence-electron chi connectivity index (χ3n) is 3.65. The molecule has 0 aliphatic heterocycles. The molecule has 0 spiro atoms. The summed E-state index contributed by atoms with van der Waals surface area (Å²) in [5.41, 5.74) is 2.91. The Morgan fingerprint density at radius 1 is 1.12 bits per heavy atom. The van der Waals surface area contributed by atoms with Gasteiger partial charge in [-0.05, 0) is 35.4 Å². The highest BCUT2D eigenvalue weighted by Crippen LogP contribution is 2.23. The average molecular weight is 353 g/mol. The number of hydrogen-bond donors (Lipinski definition) is 1. The van der Waals surface area contributed by atoms with Crippen molar-refractivity contribution >= 4 is 17.2 Å². The van der Waals surface area contributed by atoms with Gasteiger partial charge >= 0.3 is 5.97 Å². The van der Waals surface area contributed by atoms with Crippen LogP contribution in [-0.2, 0) is 20.9 Å². The van der Waals surface area contributed by atoms with Crippen LogP contribution in [0.3, 0.4) is 0 Å². The Kier molecular flexibility index (Phi) is 7.31. The number of carbonyl (C=O) groups excluding carboxylic acids is 1. The van der Waals surface area contributed by atoms with E-state index in [1.807, 2.05) is 48.5 Å². The zero-order valence-electron chi connectivity index (χ0n) is 15.0. The van der Waals surface area contributed by atoms with Crippen molar-refractivity contribution in [2.75, 3.05) is 26.1 Å². The average Bonchev–Trinajstić information content (AvgIpc) is 2.69. The first-order valence-electron chi connectivity index (χ1n) is 8.16. The third kappa shape index (κ3) is 5.14. The normalized spacial score (nSPS) is 10.8. The summed E-state index contributed by atoms with van der Waals surface area (Å²) in [4.78, 5) is 12.0. The minimum Gasteiger partial charge on any atom is -0.503 e. The summed E-state index contributed by atoms with van der Waals surface area (Å²) in [5.74, 6) is 0.274. The van der Waals surface area contributed by atoms with E-state index in [1.54, 1.807) is 6.08 Å². The highest BCUT2D eigenvalue weighted by molar-refractivity contribution is 6.16. The molecule has 5 nitrogen and oxygen atoms in total. The molecule has 0 aromatic heterocycles. The Morgan fingerprint density at radius 2 is 1.85 bits per heavy atom. The summed E-state index contributed by atoms with van der Waals surface area (Å²) in [5, 5.41) is 3.21. The number of esters is 1. The zero-order valence-corrected chi connectivity index (χ0v) is 15.0. The molecule has 1 N–H and O–H groups in total. The number of hydrogen-bond acceptors (Lipinski definition) is 5. The van der Waals surface area contributed by atoms with Gasteiger partial charge in [0.25, 0.3) is 0 Å². The van der Waals surface area contributed by atoms with Crippen LogP contribution in [-0.4, -0.2) is 26.7 Å². The molecule has 0 heterocycles. The number of carbonyl (C=O) groups is 1. The van der Waals surface area contributed by atoms with E-state index in [2.05, 4.69) is 11.9 Å². The van der Waals surface area contributed by atoms with Gasteiger partial charge in [0.1, 0.15) is 17.9 Å². The standard InChI is InChI=1S/C21H23NO4/c1-4-13-22-17-9-11-18(12-10-17)26-14-16-7-5-6-8-19(16)20(15-24-2)21(23)25-3/h4-12,15,22H,1,13-14H2,2-3H3/b20-15+. The van der Waals surface area contributed by atoms with Crippen LogP contribution >= 0.6 is 0 Å². The SMILES string of the molecule is C=CCNc1ccc(OCc2ccccc2/C(=C\OC)C(=O)OC)cc1. The molecule has 0 radical (unpaired) electrons. The third-order valence-corrected chi connectivity index (χ3v) is 3.65. The molecule has 0 aliphatic carbocycles. The lowest BCUT2D eigenvalue weighted by Crippen LogP contribution is -2.08. The minimum atomic E-state index is -0.461. The lowest BCUT2D eigenvalue weighted by molar-refractivity contribution is -0.133. The van der Waals surface area contributed by atoms with Crippen molar-refractivity contribution in [3.8, 4) is 5.75 Å². The van der Waals surface area contributed by atoms with Gasteiger partial charge in [-0.15, -0.1) is 6.58 Å². The van der Waals surface area contributed by atoms with Crippen molar-refractivity contribution in [3.63, 3.8) is 0 Å². The Hall–Kier alpha value is -3.21. The number of ether oxygens (including phenoxy) is 3. The summed E-state index contributed by atoms with van der Waals surface area (Å²) >= 11 is 0. The van der Waals surface area contributed by atoms with Crippen LogP contribution in [0.5, 0.6) is 5.75 Å². The van der Waals surface area contributed by atoms with E-state index in [1.165, 1.54) is 20.5 Å². The van der Waals surface area contributed by atoms with Gasteiger partial charge in [0.15, 0.2) is 0 Å². The molecule has 0 saturated carbocycles. The van der Waals surface area contributed by atoms with E-state index in [0.717, 1.165) is 17.0 Å². The molecule has 0 unspecified atom stereocenters. The van der Waals surface area contributed by atoms with E-state index < -0.39 is 5.97 Å². The van der Waals surface area contributed by atoms with Crippen LogP contribution in [0.25, 0.3) is 5.57 Å². The van der Waals surface area contributed by atoms with Gasteiger partial charge in [-0.1, -0.05) is 30.3 Å². The van der Waals surface area contributed by atoms with E-state index in [4.69, 9.17) is 14.2 Å². The number of methoxy groups -OCH3 is 2. The van der Waals surface area contributed by atoms with Crippen LogP contribution in [0.15, 0.2) is 67.4 Å². The fourth-order valence-corrected chi connectivity index (χ4v) is 2.38. The van der Waals surface area contributed by atoms with Gasteiger partial charge in [-0.3, -0.25) is 0 Å².